The molecule has 0 spiro atoms. The second-order valence-corrected chi connectivity index (χ2v) is 4.08. The molecule has 0 aliphatic carbocycles. The summed E-state index contributed by atoms with van der Waals surface area (Å²) in [6.07, 6.45) is 0.139. The fourth-order valence-electron chi connectivity index (χ4n) is 1.39. The predicted octanol–water partition coefficient (Wildman–Crippen LogP) is 1.41. The monoisotopic (exact) mass is 223 g/mol. The first-order chi connectivity index (χ1) is 7.16. The lowest BCUT2D eigenvalue weighted by molar-refractivity contribution is -0.0797. The van der Waals surface area contributed by atoms with E-state index in [1.807, 2.05) is 25.1 Å². The zero-order chi connectivity index (χ0) is 10.8. The van der Waals surface area contributed by atoms with Crippen molar-refractivity contribution in [3.8, 4) is 5.75 Å². The second-order valence-electron chi connectivity index (χ2n) is 3.64. The first-order valence-corrected chi connectivity index (χ1v) is 5.22. The lowest BCUT2D eigenvalue weighted by Gasteiger charge is -2.27. The molecule has 15 heavy (non-hydrogen) atoms. The average Bonchev–Trinajstić information content (AvgIpc) is 2.11. The van der Waals surface area contributed by atoms with Crippen LogP contribution in [0.15, 0.2) is 18.2 Å². The molecule has 0 atom stereocenters. The number of hydrogen-bond acceptors (Lipinski definition) is 3. The Kier molecular flexibility index (Phi) is 2.88. The Morgan fingerprint density at radius 2 is 2.27 bits per heavy atom. The van der Waals surface area contributed by atoms with E-state index < -0.39 is 0 Å². The number of ether oxygens (including phenoxy) is 2. The Morgan fingerprint density at radius 1 is 1.53 bits per heavy atom. The van der Waals surface area contributed by atoms with Gasteiger partial charge in [-0.3, -0.25) is 0 Å². The Morgan fingerprint density at radius 3 is 2.80 bits per heavy atom. The molecule has 1 aromatic rings. The van der Waals surface area contributed by atoms with E-state index in [1.165, 1.54) is 0 Å². The third-order valence-corrected chi connectivity index (χ3v) is 2.52. The van der Waals surface area contributed by atoms with Gasteiger partial charge in [0.25, 0.3) is 0 Å². The van der Waals surface area contributed by atoms with Crippen molar-refractivity contribution in [2.75, 3.05) is 13.2 Å². The summed E-state index contributed by atoms with van der Waals surface area (Å²) >= 11 is 4.97. The summed E-state index contributed by atoms with van der Waals surface area (Å²) < 4.78 is 10.8. The van der Waals surface area contributed by atoms with Crippen molar-refractivity contribution in [2.24, 2.45) is 5.73 Å². The standard InChI is InChI=1S/C11H13NO2S/c1-7-2-3-9(11(12)15)10(4-7)14-8-5-13-6-8/h2-4,8H,5-6H2,1H3,(H2,12,15). The molecule has 0 radical (unpaired) electrons. The summed E-state index contributed by atoms with van der Waals surface area (Å²) in [4.78, 5) is 0.366. The van der Waals surface area contributed by atoms with Crippen molar-refractivity contribution in [3.05, 3.63) is 29.3 Å². The maximum atomic E-state index is 5.73. The van der Waals surface area contributed by atoms with Crippen LogP contribution in [0.1, 0.15) is 11.1 Å². The van der Waals surface area contributed by atoms with E-state index in [2.05, 4.69) is 0 Å². The summed E-state index contributed by atoms with van der Waals surface area (Å²) in [5, 5.41) is 0. The van der Waals surface area contributed by atoms with E-state index >= 15 is 0 Å². The molecule has 0 unspecified atom stereocenters. The topological polar surface area (TPSA) is 44.5 Å². The highest BCUT2D eigenvalue weighted by Crippen LogP contribution is 2.23. The SMILES string of the molecule is Cc1ccc(C(N)=S)c(OC2COC2)c1. The first kappa shape index (κ1) is 10.4. The van der Waals surface area contributed by atoms with E-state index in [-0.39, 0.29) is 6.10 Å². The van der Waals surface area contributed by atoms with E-state index in [4.69, 9.17) is 27.4 Å². The number of thiocarbonyl (C=S) groups is 1. The van der Waals surface area contributed by atoms with Crippen molar-refractivity contribution < 1.29 is 9.47 Å². The van der Waals surface area contributed by atoms with E-state index in [0.29, 0.717) is 18.2 Å². The van der Waals surface area contributed by atoms with Gasteiger partial charge in [-0.1, -0.05) is 18.3 Å². The maximum Gasteiger partial charge on any atom is 0.145 e. The van der Waals surface area contributed by atoms with Crippen LogP contribution in [0, 0.1) is 6.92 Å². The quantitative estimate of drug-likeness (QED) is 0.787. The van der Waals surface area contributed by atoms with Gasteiger partial charge in [0.05, 0.1) is 18.8 Å². The van der Waals surface area contributed by atoms with Crippen LogP contribution < -0.4 is 10.5 Å². The second kappa shape index (κ2) is 4.16. The van der Waals surface area contributed by atoms with Crippen molar-refractivity contribution in [2.45, 2.75) is 13.0 Å². The van der Waals surface area contributed by atoms with Crippen LogP contribution in [-0.4, -0.2) is 24.3 Å². The van der Waals surface area contributed by atoms with E-state index in [9.17, 15) is 0 Å². The lowest BCUT2D eigenvalue weighted by Crippen LogP contribution is -2.39. The fourth-order valence-corrected chi connectivity index (χ4v) is 1.56. The Bertz CT molecular complexity index is 388. The minimum atomic E-state index is 0.139. The number of benzene rings is 1. The van der Waals surface area contributed by atoms with Crippen molar-refractivity contribution in [3.63, 3.8) is 0 Å². The van der Waals surface area contributed by atoms with Gasteiger partial charge in [-0.2, -0.15) is 0 Å². The van der Waals surface area contributed by atoms with Gasteiger partial charge < -0.3 is 15.2 Å². The molecule has 1 saturated heterocycles. The highest BCUT2D eigenvalue weighted by atomic mass is 32.1. The summed E-state index contributed by atoms with van der Waals surface area (Å²) in [6.45, 7) is 3.29. The predicted molar refractivity (Wildman–Crippen MR) is 62.3 cm³/mol. The summed E-state index contributed by atoms with van der Waals surface area (Å²) in [5.41, 5.74) is 7.54. The van der Waals surface area contributed by atoms with Crippen molar-refractivity contribution in [1.82, 2.24) is 0 Å². The summed E-state index contributed by atoms with van der Waals surface area (Å²) in [5.74, 6) is 0.760. The molecule has 1 fully saturated rings. The third-order valence-electron chi connectivity index (χ3n) is 2.30. The molecule has 0 aromatic heterocycles. The van der Waals surface area contributed by atoms with Gasteiger partial charge in [-0.05, 0) is 24.6 Å². The van der Waals surface area contributed by atoms with E-state index in [1.54, 1.807) is 0 Å². The fraction of sp³-hybridized carbons (Fsp3) is 0.364. The van der Waals surface area contributed by atoms with E-state index in [0.717, 1.165) is 16.9 Å². The van der Waals surface area contributed by atoms with Gasteiger partial charge in [-0.15, -0.1) is 0 Å². The zero-order valence-electron chi connectivity index (χ0n) is 8.53. The smallest absolute Gasteiger partial charge is 0.145 e. The number of hydrogen-bond donors (Lipinski definition) is 1. The van der Waals surface area contributed by atoms with Gasteiger partial charge in [0.1, 0.15) is 16.8 Å². The van der Waals surface area contributed by atoms with Crippen LogP contribution in [0.25, 0.3) is 0 Å². The molecule has 0 bridgehead atoms. The van der Waals surface area contributed by atoms with Crippen LogP contribution in [0.5, 0.6) is 5.75 Å². The summed E-state index contributed by atoms with van der Waals surface area (Å²) in [6, 6.07) is 5.82. The minimum Gasteiger partial charge on any atom is -0.485 e. The largest absolute Gasteiger partial charge is 0.485 e. The van der Waals surface area contributed by atoms with Crippen LogP contribution >= 0.6 is 12.2 Å². The number of aryl methyl sites for hydroxylation is 1. The zero-order valence-corrected chi connectivity index (χ0v) is 9.34. The minimum absolute atomic E-state index is 0.139. The third kappa shape index (κ3) is 2.27. The van der Waals surface area contributed by atoms with Gasteiger partial charge in [0.15, 0.2) is 0 Å². The van der Waals surface area contributed by atoms with Crippen LogP contribution in [0.2, 0.25) is 0 Å². The molecule has 0 amide bonds. The highest BCUT2D eigenvalue weighted by Gasteiger charge is 2.21. The first-order valence-electron chi connectivity index (χ1n) is 4.81. The molecule has 3 nitrogen and oxygen atoms in total. The molecular weight excluding hydrogens is 210 g/mol. The Hall–Kier alpha value is -1.13. The lowest BCUT2D eigenvalue weighted by atomic mass is 10.1. The van der Waals surface area contributed by atoms with Gasteiger partial charge in [0.2, 0.25) is 0 Å². The van der Waals surface area contributed by atoms with Gasteiger partial charge >= 0.3 is 0 Å². The maximum absolute atomic E-state index is 5.73. The van der Waals surface area contributed by atoms with Gasteiger partial charge in [0, 0.05) is 0 Å². The molecule has 1 aliphatic rings. The number of rotatable bonds is 3. The molecule has 1 aliphatic heterocycles. The van der Waals surface area contributed by atoms with Gasteiger partial charge in [-0.25, -0.2) is 0 Å². The Balaban J connectivity index is 2.24. The molecule has 80 valence electrons. The van der Waals surface area contributed by atoms with Crippen molar-refractivity contribution >= 4 is 17.2 Å². The molecular formula is C11H13NO2S. The molecule has 1 heterocycles. The average molecular weight is 223 g/mol. The molecule has 4 heteroatoms. The number of nitrogens with two attached hydrogens (primary N) is 1. The molecule has 0 saturated carbocycles. The highest BCUT2D eigenvalue weighted by molar-refractivity contribution is 7.80. The molecule has 1 aromatic carbocycles. The molecule has 2 N–H and O–H groups in total. The van der Waals surface area contributed by atoms with Crippen LogP contribution in [0.4, 0.5) is 0 Å². The normalized spacial score (nSPS) is 15.8. The molecule has 2 rings (SSSR count). The van der Waals surface area contributed by atoms with Crippen LogP contribution in [-0.2, 0) is 4.74 Å². The Labute approximate surface area is 94.2 Å². The van der Waals surface area contributed by atoms with Crippen molar-refractivity contribution in [1.29, 1.82) is 0 Å². The van der Waals surface area contributed by atoms with Crippen LogP contribution in [0.3, 0.4) is 0 Å². The summed E-state index contributed by atoms with van der Waals surface area (Å²) in [7, 11) is 0.